The molecule has 1 heteroatoms. The van der Waals surface area contributed by atoms with E-state index < -0.39 is 0 Å². The first-order chi connectivity index (χ1) is 8.43. The summed E-state index contributed by atoms with van der Waals surface area (Å²) >= 11 is 0.465. The average Bonchev–Trinajstić information content (AvgIpc) is 2.90. The van der Waals surface area contributed by atoms with E-state index in [2.05, 4.69) is 71.7 Å². The molecule has 0 saturated heterocycles. The van der Waals surface area contributed by atoms with Gasteiger partial charge in [0.15, 0.2) is 0 Å². The van der Waals surface area contributed by atoms with Crippen LogP contribution < -0.4 is 0 Å². The van der Waals surface area contributed by atoms with Gasteiger partial charge in [-0.05, 0) is 0 Å². The van der Waals surface area contributed by atoms with Crippen molar-refractivity contribution in [2.45, 2.75) is 0 Å². The molecular formula is C16H12Se. The van der Waals surface area contributed by atoms with Crippen molar-refractivity contribution in [1.82, 2.24) is 0 Å². The molecule has 0 radical (unpaired) electrons. The van der Waals surface area contributed by atoms with Gasteiger partial charge in [-0.15, -0.1) is 0 Å². The summed E-state index contributed by atoms with van der Waals surface area (Å²) in [4.78, 5) is 2.37. The summed E-state index contributed by atoms with van der Waals surface area (Å²) in [7, 11) is 0. The minimum absolute atomic E-state index is 0.465. The Bertz CT molecular complexity index is 540. The zero-order valence-corrected chi connectivity index (χ0v) is 11.0. The van der Waals surface area contributed by atoms with Crippen molar-refractivity contribution in [3.63, 3.8) is 0 Å². The Morgan fingerprint density at radius 3 is 1.82 bits per heavy atom. The quantitative estimate of drug-likeness (QED) is 0.622. The van der Waals surface area contributed by atoms with Gasteiger partial charge < -0.3 is 0 Å². The Balaban J connectivity index is 1.99. The normalized spacial score (nSPS) is 10.4. The van der Waals surface area contributed by atoms with Gasteiger partial charge in [-0.1, -0.05) is 0 Å². The second-order valence-electron chi connectivity index (χ2n) is 3.93. The van der Waals surface area contributed by atoms with Crippen molar-refractivity contribution >= 4 is 14.5 Å². The predicted molar refractivity (Wildman–Crippen MR) is 74.3 cm³/mol. The Morgan fingerprint density at radius 1 is 0.588 bits per heavy atom. The molecule has 1 heterocycles. The molecule has 82 valence electrons. The molecule has 0 nitrogen and oxygen atoms in total. The molecule has 0 bridgehead atoms. The van der Waals surface area contributed by atoms with Crippen molar-refractivity contribution in [2.24, 2.45) is 0 Å². The first-order valence-electron chi connectivity index (χ1n) is 5.63. The van der Waals surface area contributed by atoms with E-state index >= 15 is 0 Å². The molecule has 2 aromatic carbocycles. The molecule has 3 rings (SSSR count). The van der Waals surface area contributed by atoms with Crippen LogP contribution in [0.5, 0.6) is 0 Å². The molecule has 0 atom stereocenters. The topological polar surface area (TPSA) is 0 Å². The van der Waals surface area contributed by atoms with Crippen molar-refractivity contribution in [2.75, 3.05) is 0 Å². The van der Waals surface area contributed by atoms with Gasteiger partial charge in [0.1, 0.15) is 0 Å². The second kappa shape index (κ2) is 4.75. The fraction of sp³-hybridized carbons (Fsp3) is 0. The third-order valence-electron chi connectivity index (χ3n) is 2.76. The van der Waals surface area contributed by atoms with Gasteiger partial charge in [0, 0.05) is 0 Å². The van der Waals surface area contributed by atoms with Crippen LogP contribution in [0.3, 0.4) is 0 Å². The molecule has 0 aliphatic heterocycles. The molecule has 0 N–H and O–H groups in total. The van der Waals surface area contributed by atoms with E-state index in [9.17, 15) is 0 Å². The van der Waals surface area contributed by atoms with Gasteiger partial charge in [-0.25, -0.2) is 0 Å². The van der Waals surface area contributed by atoms with E-state index in [0.29, 0.717) is 14.5 Å². The molecule has 0 amide bonds. The first kappa shape index (κ1) is 10.6. The van der Waals surface area contributed by atoms with Crippen LogP contribution in [0, 0.1) is 0 Å². The maximum atomic E-state index is 2.37. The summed E-state index contributed by atoms with van der Waals surface area (Å²) in [5, 5.41) is 0. The van der Waals surface area contributed by atoms with Crippen LogP contribution in [0.2, 0.25) is 0 Å². The third kappa shape index (κ3) is 2.26. The van der Waals surface area contributed by atoms with Crippen LogP contribution in [-0.4, -0.2) is 14.5 Å². The molecule has 0 unspecified atom stereocenters. The molecule has 0 saturated carbocycles. The van der Waals surface area contributed by atoms with Crippen molar-refractivity contribution in [3.8, 4) is 21.1 Å². The van der Waals surface area contributed by atoms with Gasteiger partial charge in [0.25, 0.3) is 0 Å². The van der Waals surface area contributed by atoms with Gasteiger partial charge in [0.05, 0.1) is 0 Å². The standard InChI is InChI=1S/C16H12Se/c1-3-7-13(8-4-1)15-11-16(17-12-15)14-9-5-2-6-10-14/h1-12H. The van der Waals surface area contributed by atoms with E-state index in [0.717, 1.165) is 0 Å². The summed E-state index contributed by atoms with van der Waals surface area (Å²) in [5.41, 5.74) is 4.04. The van der Waals surface area contributed by atoms with E-state index in [1.165, 1.54) is 21.1 Å². The van der Waals surface area contributed by atoms with Crippen LogP contribution >= 0.6 is 0 Å². The van der Waals surface area contributed by atoms with E-state index in [-0.39, 0.29) is 0 Å². The van der Waals surface area contributed by atoms with Crippen molar-refractivity contribution < 1.29 is 0 Å². The Labute approximate surface area is 107 Å². The van der Waals surface area contributed by atoms with Gasteiger partial charge in [-0.2, -0.15) is 0 Å². The molecule has 0 spiro atoms. The van der Waals surface area contributed by atoms with Gasteiger partial charge in [0.2, 0.25) is 0 Å². The summed E-state index contributed by atoms with van der Waals surface area (Å²) in [6.07, 6.45) is 0. The number of hydrogen-bond acceptors (Lipinski definition) is 0. The summed E-state index contributed by atoms with van der Waals surface area (Å²) in [6.45, 7) is 0. The van der Waals surface area contributed by atoms with Gasteiger partial charge >= 0.3 is 107 Å². The zero-order valence-electron chi connectivity index (χ0n) is 9.34. The van der Waals surface area contributed by atoms with Crippen LogP contribution in [0.25, 0.3) is 21.1 Å². The fourth-order valence-corrected chi connectivity index (χ4v) is 3.81. The minimum atomic E-state index is 0.465. The third-order valence-corrected chi connectivity index (χ3v) is 4.82. The van der Waals surface area contributed by atoms with Crippen LogP contribution in [0.4, 0.5) is 0 Å². The summed E-state index contributed by atoms with van der Waals surface area (Å²) in [6, 6.07) is 23.6. The van der Waals surface area contributed by atoms with Crippen LogP contribution in [-0.2, 0) is 0 Å². The molecule has 17 heavy (non-hydrogen) atoms. The van der Waals surface area contributed by atoms with Crippen molar-refractivity contribution in [3.05, 3.63) is 71.7 Å². The molecule has 0 aliphatic carbocycles. The van der Waals surface area contributed by atoms with Crippen molar-refractivity contribution in [1.29, 1.82) is 0 Å². The van der Waals surface area contributed by atoms with E-state index in [1.807, 2.05) is 0 Å². The summed E-state index contributed by atoms with van der Waals surface area (Å²) < 4.78 is 1.47. The molecule has 3 aromatic rings. The Kier molecular flexibility index (Phi) is 2.96. The van der Waals surface area contributed by atoms with E-state index in [4.69, 9.17) is 0 Å². The maximum absolute atomic E-state index is 2.37. The SMILES string of the molecule is c1ccc(-c2c[se]c(-c3ccccc3)c2)cc1. The van der Waals surface area contributed by atoms with Crippen LogP contribution in [0.1, 0.15) is 0 Å². The predicted octanol–water partition coefficient (Wildman–Crippen LogP) is 4.08. The number of rotatable bonds is 2. The Morgan fingerprint density at radius 2 is 1.18 bits per heavy atom. The van der Waals surface area contributed by atoms with Gasteiger partial charge in [-0.3, -0.25) is 0 Å². The Hall–Kier alpha value is -1.56. The molecule has 0 fully saturated rings. The fourth-order valence-electron chi connectivity index (χ4n) is 1.87. The molecule has 0 aliphatic rings. The average molecular weight is 283 g/mol. The zero-order chi connectivity index (χ0) is 11.5. The van der Waals surface area contributed by atoms with Crippen LogP contribution in [0.15, 0.2) is 71.7 Å². The number of hydrogen-bond donors (Lipinski definition) is 0. The first-order valence-corrected chi connectivity index (χ1v) is 7.47. The second-order valence-corrected chi connectivity index (χ2v) is 5.84. The van der Waals surface area contributed by atoms with E-state index in [1.54, 1.807) is 0 Å². The number of benzene rings is 2. The summed E-state index contributed by atoms with van der Waals surface area (Å²) in [5.74, 6) is 0. The molecular weight excluding hydrogens is 271 g/mol. The monoisotopic (exact) mass is 284 g/mol. The molecule has 1 aromatic heterocycles.